The molecule has 0 atom stereocenters. The quantitative estimate of drug-likeness (QED) is 0.798. The van der Waals surface area contributed by atoms with E-state index in [9.17, 15) is 9.90 Å². The van der Waals surface area contributed by atoms with Gasteiger partial charge in [-0.15, -0.1) is 0 Å². The van der Waals surface area contributed by atoms with E-state index < -0.39 is 11.4 Å². The summed E-state index contributed by atoms with van der Waals surface area (Å²) in [5, 5.41) is 9.53. The average Bonchev–Trinajstić information content (AvgIpc) is 2.48. The minimum atomic E-state index is -0.580. The van der Waals surface area contributed by atoms with Crippen molar-refractivity contribution in [2.24, 2.45) is 5.41 Å². The van der Waals surface area contributed by atoms with Gasteiger partial charge in [-0.3, -0.25) is 9.69 Å². The maximum absolute atomic E-state index is 11.6. The summed E-state index contributed by atoms with van der Waals surface area (Å²) in [5.74, 6) is -0.580. The second kappa shape index (κ2) is 7.56. The summed E-state index contributed by atoms with van der Waals surface area (Å²) in [5.41, 5.74) is -0.445. The van der Waals surface area contributed by atoms with Gasteiger partial charge in [0.25, 0.3) is 0 Å². The van der Waals surface area contributed by atoms with Gasteiger partial charge >= 0.3 is 5.97 Å². The van der Waals surface area contributed by atoms with Crippen molar-refractivity contribution in [2.45, 2.75) is 32.6 Å². The topological polar surface area (TPSA) is 47.0 Å². The lowest BCUT2D eigenvalue weighted by Gasteiger charge is -2.40. The molecule has 122 valence electrons. The number of likely N-dealkylation sites (N-methyl/N-ethyl adjacent to an activating group) is 1. The van der Waals surface area contributed by atoms with E-state index in [0.717, 1.165) is 51.9 Å². The molecule has 0 aliphatic carbocycles. The lowest BCUT2D eigenvalue weighted by atomic mass is 9.75. The largest absolute Gasteiger partial charge is 0.481 e. The molecule has 0 spiro atoms. The Balaban J connectivity index is 1.72. The fourth-order valence-corrected chi connectivity index (χ4v) is 3.61. The van der Waals surface area contributed by atoms with Gasteiger partial charge in [-0.05, 0) is 39.4 Å². The number of carboxylic acid groups (broad SMARTS) is 1. The molecule has 2 aliphatic rings. The van der Waals surface area contributed by atoms with Crippen molar-refractivity contribution >= 4 is 5.97 Å². The molecule has 0 bridgehead atoms. The third-order valence-electron chi connectivity index (χ3n) is 5.32. The average molecular weight is 297 g/mol. The molecule has 0 aromatic rings. The van der Waals surface area contributed by atoms with Crippen LogP contribution in [-0.2, 0) is 4.79 Å². The molecule has 0 aromatic heterocycles. The molecule has 21 heavy (non-hydrogen) atoms. The minimum Gasteiger partial charge on any atom is -0.481 e. The lowest BCUT2D eigenvalue weighted by Crippen LogP contribution is -2.49. The first-order valence-electron chi connectivity index (χ1n) is 8.42. The highest BCUT2D eigenvalue weighted by molar-refractivity contribution is 5.74. The van der Waals surface area contributed by atoms with Gasteiger partial charge < -0.3 is 14.9 Å². The molecule has 5 heteroatoms. The summed E-state index contributed by atoms with van der Waals surface area (Å²) >= 11 is 0. The zero-order chi connectivity index (χ0) is 15.3. The van der Waals surface area contributed by atoms with Crippen LogP contribution < -0.4 is 0 Å². The second-order valence-electron chi connectivity index (χ2n) is 6.82. The van der Waals surface area contributed by atoms with Crippen LogP contribution in [0.1, 0.15) is 32.6 Å². The Kier molecular flexibility index (Phi) is 6.02. The first kappa shape index (κ1) is 16.7. The van der Waals surface area contributed by atoms with Crippen LogP contribution in [0.25, 0.3) is 0 Å². The van der Waals surface area contributed by atoms with E-state index >= 15 is 0 Å². The van der Waals surface area contributed by atoms with Gasteiger partial charge in [-0.25, -0.2) is 0 Å². The molecule has 0 saturated carbocycles. The number of hydrogen-bond acceptors (Lipinski definition) is 4. The number of piperazine rings is 1. The van der Waals surface area contributed by atoms with E-state index in [-0.39, 0.29) is 0 Å². The molecule has 0 unspecified atom stereocenters. The SMILES string of the molecule is CCCC1(C(=O)O)CCN(CCN2CCN(C)CC2)CC1. The Morgan fingerprint density at radius 3 is 2.00 bits per heavy atom. The van der Waals surface area contributed by atoms with Crippen molar-refractivity contribution in [3.05, 3.63) is 0 Å². The van der Waals surface area contributed by atoms with Crippen LogP contribution in [0.4, 0.5) is 0 Å². The third kappa shape index (κ3) is 4.41. The van der Waals surface area contributed by atoms with Crippen LogP contribution >= 0.6 is 0 Å². The maximum Gasteiger partial charge on any atom is 0.309 e. The molecule has 0 aromatic carbocycles. The molecule has 2 rings (SSSR count). The Morgan fingerprint density at radius 2 is 1.52 bits per heavy atom. The lowest BCUT2D eigenvalue weighted by molar-refractivity contribution is -0.152. The molecule has 2 saturated heterocycles. The zero-order valence-electron chi connectivity index (χ0n) is 13.7. The third-order valence-corrected chi connectivity index (χ3v) is 5.32. The number of piperidine rings is 1. The molecule has 0 amide bonds. The molecule has 2 fully saturated rings. The van der Waals surface area contributed by atoms with Crippen LogP contribution in [0.3, 0.4) is 0 Å². The van der Waals surface area contributed by atoms with Crippen LogP contribution in [0.2, 0.25) is 0 Å². The number of hydrogen-bond donors (Lipinski definition) is 1. The highest BCUT2D eigenvalue weighted by Gasteiger charge is 2.40. The number of rotatable bonds is 6. The predicted octanol–water partition coefficient (Wildman–Crippen LogP) is 1.20. The first-order chi connectivity index (χ1) is 10.1. The Bertz CT molecular complexity index is 332. The first-order valence-corrected chi connectivity index (χ1v) is 8.42. The van der Waals surface area contributed by atoms with Crippen LogP contribution in [-0.4, -0.2) is 85.2 Å². The van der Waals surface area contributed by atoms with Gasteiger partial charge in [0.1, 0.15) is 0 Å². The minimum absolute atomic E-state index is 0.445. The number of carboxylic acids is 1. The van der Waals surface area contributed by atoms with Crippen molar-refractivity contribution in [3.63, 3.8) is 0 Å². The van der Waals surface area contributed by atoms with Crippen molar-refractivity contribution < 1.29 is 9.90 Å². The summed E-state index contributed by atoms with van der Waals surface area (Å²) < 4.78 is 0. The Morgan fingerprint density at radius 1 is 1.00 bits per heavy atom. The summed E-state index contributed by atoms with van der Waals surface area (Å²) in [6.07, 6.45) is 3.43. The standard InChI is InChI=1S/C16H31N3O2/c1-3-4-16(15(20)21)5-7-18(8-6-16)13-14-19-11-9-17(2)10-12-19/h3-14H2,1-2H3,(H,20,21). The summed E-state index contributed by atoms with van der Waals surface area (Å²) in [6, 6.07) is 0. The maximum atomic E-state index is 11.6. The Hall–Kier alpha value is -0.650. The summed E-state index contributed by atoms with van der Waals surface area (Å²) in [4.78, 5) is 18.9. The molecular formula is C16H31N3O2. The molecule has 2 aliphatic heterocycles. The van der Waals surface area contributed by atoms with E-state index in [1.165, 1.54) is 26.2 Å². The number of carbonyl (C=O) groups is 1. The van der Waals surface area contributed by atoms with Gasteiger partial charge in [0.15, 0.2) is 0 Å². The molecular weight excluding hydrogens is 266 g/mol. The molecule has 1 N–H and O–H groups in total. The van der Waals surface area contributed by atoms with Crippen molar-refractivity contribution in [3.8, 4) is 0 Å². The predicted molar refractivity (Wildman–Crippen MR) is 84.6 cm³/mol. The molecule has 0 radical (unpaired) electrons. The van der Waals surface area contributed by atoms with Gasteiger partial charge in [0.05, 0.1) is 5.41 Å². The summed E-state index contributed by atoms with van der Waals surface area (Å²) in [6.45, 7) is 10.9. The molecule has 2 heterocycles. The van der Waals surface area contributed by atoms with Crippen molar-refractivity contribution in [1.29, 1.82) is 0 Å². The van der Waals surface area contributed by atoms with Gasteiger partial charge in [0.2, 0.25) is 0 Å². The fraction of sp³-hybridized carbons (Fsp3) is 0.938. The van der Waals surface area contributed by atoms with E-state index in [0.29, 0.717) is 0 Å². The van der Waals surface area contributed by atoms with E-state index in [1.807, 2.05) is 0 Å². The monoisotopic (exact) mass is 297 g/mol. The number of nitrogens with zero attached hydrogens (tertiary/aromatic N) is 3. The zero-order valence-corrected chi connectivity index (χ0v) is 13.7. The van der Waals surface area contributed by atoms with Crippen LogP contribution in [0.5, 0.6) is 0 Å². The fourth-order valence-electron chi connectivity index (χ4n) is 3.61. The Labute approximate surface area is 128 Å². The van der Waals surface area contributed by atoms with Crippen molar-refractivity contribution in [2.75, 3.05) is 59.4 Å². The number of likely N-dealkylation sites (tertiary alicyclic amines) is 1. The van der Waals surface area contributed by atoms with Crippen LogP contribution in [0, 0.1) is 5.41 Å². The summed E-state index contributed by atoms with van der Waals surface area (Å²) in [7, 11) is 2.18. The van der Waals surface area contributed by atoms with Crippen molar-refractivity contribution in [1.82, 2.24) is 14.7 Å². The second-order valence-corrected chi connectivity index (χ2v) is 6.82. The number of aliphatic carboxylic acids is 1. The van der Waals surface area contributed by atoms with Crippen LogP contribution in [0.15, 0.2) is 0 Å². The van der Waals surface area contributed by atoms with Gasteiger partial charge in [0, 0.05) is 39.3 Å². The van der Waals surface area contributed by atoms with Gasteiger partial charge in [-0.1, -0.05) is 13.3 Å². The van der Waals surface area contributed by atoms with E-state index in [2.05, 4.69) is 28.7 Å². The highest BCUT2D eigenvalue weighted by atomic mass is 16.4. The van der Waals surface area contributed by atoms with Gasteiger partial charge in [-0.2, -0.15) is 0 Å². The molecule has 5 nitrogen and oxygen atoms in total. The normalized spacial score (nSPS) is 25.0. The highest BCUT2D eigenvalue weighted by Crippen LogP contribution is 2.36. The smallest absolute Gasteiger partial charge is 0.309 e. The van der Waals surface area contributed by atoms with E-state index in [1.54, 1.807) is 0 Å². The van der Waals surface area contributed by atoms with E-state index in [4.69, 9.17) is 0 Å².